The van der Waals surface area contributed by atoms with E-state index in [1.807, 2.05) is 0 Å². The summed E-state index contributed by atoms with van der Waals surface area (Å²) in [4.78, 5) is 29.1. The van der Waals surface area contributed by atoms with E-state index < -0.39 is 23.4 Å². The maximum atomic E-state index is 13.6. The predicted octanol–water partition coefficient (Wildman–Crippen LogP) is 1.67. The molecule has 0 saturated carbocycles. The highest BCUT2D eigenvalue weighted by Gasteiger charge is 2.18. The van der Waals surface area contributed by atoms with Crippen LogP contribution in [0.1, 0.15) is 27.7 Å². The minimum absolute atomic E-state index is 0.0804. The van der Waals surface area contributed by atoms with Gasteiger partial charge in [-0.2, -0.15) is 0 Å². The summed E-state index contributed by atoms with van der Waals surface area (Å²) in [5.41, 5.74) is 0.164. The summed E-state index contributed by atoms with van der Waals surface area (Å²) >= 11 is 1.30. The lowest BCUT2D eigenvalue weighted by atomic mass is 10.1. The van der Waals surface area contributed by atoms with Gasteiger partial charge >= 0.3 is 0 Å². The first kappa shape index (κ1) is 16.3. The van der Waals surface area contributed by atoms with Crippen LogP contribution in [0.15, 0.2) is 40.6 Å². The smallest absolute Gasteiger partial charge is 0.271 e. The van der Waals surface area contributed by atoms with Gasteiger partial charge in [-0.1, -0.05) is 18.2 Å². The van der Waals surface area contributed by atoms with Crippen LogP contribution in [-0.2, 0) is 0 Å². The van der Waals surface area contributed by atoms with Gasteiger partial charge in [-0.3, -0.25) is 14.0 Å². The number of thiazole rings is 1. The third kappa shape index (κ3) is 2.93. The number of aromatic nitrogens is 2. The summed E-state index contributed by atoms with van der Waals surface area (Å²) in [5.74, 6) is -1.22. The molecule has 3 rings (SSSR count). The van der Waals surface area contributed by atoms with Gasteiger partial charge in [-0.25, -0.2) is 9.37 Å². The number of carbonyl (C=O) groups is 1. The zero-order valence-electron chi connectivity index (χ0n) is 12.7. The number of amides is 1. The third-order valence-electron chi connectivity index (χ3n) is 3.58. The molecule has 1 aromatic carbocycles. The topological polar surface area (TPSA) is 83.7 Å². The molecule has 2 aromatic heterocycles. The Hall–Kier alpha value is -2.58. The van der Waals surface area contributed by atoms with Gasteiger partial charge in [0.05, 0.1) is 6.10 Å². The first-order valence-corrected chi connectivity index (χ1v) is 8.03. The average Bonchev–Trinajstić information content (AvgIpc) is 2.95. The number of hydrogen-bond donors (Lipinski definition) is 2. The van der Waals surface area contributed by atoms with Crippen LogP contribution >= 0.6 is 11.3 Å². The molecule has 0 bridgehead atoms. The number of nitrogens with one attached hydrogen (secondary N) is 1. The molecule has 0 saturated heterocycles. The highest BCUT2D eigenvalue weighted by molar-refractivity contribution is 7.15. The summed E-state index contributed by atoms with van der Waals surface area (Å²) in [7, 11) is 0. The number of carbonyl (C=O) groups excluding carboxylic acids is 1. The average molecular weight is 347 g/mol. The van der Waals surface area contributed by atoms with Gasteiger partial charge in [0.1, 0.15) is 11.4 Å². The maximum absolute atomic E-state index is 13.6. The lowest BCUT2D eigenvalue weighted by Gasteiger charge is -2.12. The molecule has 2 heterocycles. The maximum Gasteiger partial charge on any atom is 0.271 e. The molecule has 0 radical (unpaired) electrons. The predicted molar refractivity (Wildman–Crippen MR) is 87.8 cm³/mol. The normalized spacial score (nSPS) is 12.3. The van der Waals surface area contributed by atoms with Crippen molar-refractivity contribution < 1.29 is 14.3 Å². The second-order valence-corrected chi connectivity index (χ2v) is 6.06. The fraction of sp³-hybridized carbons (Fsp3) is 0.188. The molecule has 1 atom stereocenters. The molecule has 124 valence electrons. The molecule has 0 spiro atoms. The molecular weight excluding hydrogens is 333 g/mol. The molecule has 0 aliphatic heterocycles. The first-order valence-electron chi connectivity index (χ1n) is 7.15. The van der Waals surface area contributed by atoms with E-state index in [0.717, 1.165) is 0 Å². The minimum Gasteiger partial charge on any atom is -0.386 e. The number of aliphatic hydroxyl groups is 1. The molecular formula is C16H14FN3O3S. The SMILES string of the molecule is Cc1csc2ncc(C(=O)NCC(O)c3ccccc3F)c(=O)n12. The van der Waals surface area contributed by atoms with Gasteiger partial charge in [0.25, 0.3) is 11.5 Å². The van der Waals surface area contributed by atoms with Crippen LogP contribution in [0.3, 0.4) is 0 Å². The van der Waals surface area contributed by atoms with E-state index in [9.17, 15) is 19.1 Å². The second-order valence-electron chi connectivity index (χ2n) is 5.22. The van der Waals surface area contributed by atoms with E-state index in [2.05, 4.69) is 10.3 Å². The van der Waals surface area contributed by atoms with E-state index in [-0.39, 0.29) is 17.7 Å². The Labute approximate surface area is 140 Å². The van der Waals surface area contributed by atoms with Gasteiger partial charge in [-0.05, 0) is 13.0 Å². The van der Waals surface area contributed by atoms with E-state index in [1.165, 1.54) is 40.1 Å². The Morgan fingerprint density at radius 2 is 2.21 bits per heavy atom. The van der Waals surface area contributed by atoms with Crippen molar-refractivity contribution >= 4 is 22.2 Å². The second kappa shape index (κ2) is 6.50. The molecule has 1 amide bonds. The molecule has 0 aliphatic rings. The van der Waals surface area contributed by atoms with Crippen LogP contribution in [0.4, 0.5) is 4.39 Å². The van der Waals surface area contributed by atoms with Crippen molar-refractivity contribution in [1.82, 2.24) is 14.7 Å². The fourth-order valence-electron chi connectivity index (χ4n) is 2.32. The number of halogens is 1. The Kier molecular flexibility index (Phi) is 4.41. The van der Waals surface area contributed by atoms with E-state index in [4.69, 9.17) is 0 Å². The van der Waals surface area contributed by atoms with Gasteiger partial charge < -0.3 is 10.4 Å². The number of aryl methyl sites for hydroxylation is 1. The van der Waals surface area contributed by atoms with Crippen molar-refractivity contribution in [1.29, 1.82) is 0 Å². The summed E-state index contributed by atoms with van der Waals surface area (Å²) in [5, 5.41) is 14.2. The van der Waals surface area contributed by atoms with Crippen LogP contribution in [0.25, 0.3) is 4.96 Å². The van der Waals surface area contributed by atoms with Crippen molar-refractivity contribution in [2.75, 3.05) is 6.54 Å². The van der Waals surface area contributed by atoms with Crippen LogP contribution in [0.2, 0.25) is 0 Å². The molecule has 8 heteroatoms. The summed E-state index contributed by atoms with van der Waals surface area (Å²) in [6.45, 7) is 1.53. The lowest BCUT2D eigenvalue weighted by Crippen LogP contribution is -2.34. The van der Waals surface area contributed by atoms with Crippen molar-refractivity contribution in [3.63, 3.8) is 0 Å². The van der Waals surface area contributed by atoms with Crippen molar-refractivity contribution in [3.05, 3.63) is 68.8 Å². The highest BCUT2D eigenvalue weighted by atomic mass is 32.1. The molecule has 0 fully saturated rings. The standard InChI is InChI=1S/C16H14FN3O3S/c1-9-8-24-16-19-6-11(15(23)20(9)16)14(22)18-7-13(21)10-4-2-3-5-12(10)17/h2-6,8,13,21H,7H2,1H3,(H,18,22). The minimum atomic E-state index is -1.21. The van der Waals surface area contributed by atoms with Crippen LogP contribution in [0.5, 0.6) is 0 Å². The highest BCUT2D eigenvalue weighted by Crippen LogP contribution is 2.16. The zero-order chi connectivity index (χ0) is 17.3. The zero-order valence-corrected chi connectivity index (χ0v) is 13.5. The number of aliphatic hydroxyl groups excluding tert-OH is 1. The van der Waals surface area contributed by atoms with E-state index >= 15 is 0 Å². The Balaban J connectivity index is 1.78. The Morgan fingerprint density at radius 1 is 1.46 bits per heavy atom. The fourth-order valence-corrected chi connectivity index (χ4v) is 3.15. The third-order valence-corrected chi connectivity index (χ3v) is 4.54. The number of hydrogen-bond acceptors (Lipinski definition) is 5. The van der Waals surface area contributed by atoms with Gasteiger partial charge in [0.15, 0.2) is 4.96 Å². The summed E-state index contributed by atoms with van der Waals surface area (Å²) in [6.07, 6.45) is -0.00390. The van der Waals surface area contributed by atoms with Gasteiger partial charge in [0.2, 0.25) is 0 Å². The number of fused-ring (bicyclic) bond motifs is 1. The first-order chi connectivity index (χ1) is 11.5. The molecule has 3 aromatic rings. The quantitative estimate of drug-likeness (QED) is 0.752. The van der Waals surface area contributed by atoms with Gasteiger partial charge in [-0.15, -0.1) is 11.3 Å². The van der Waals surface area contributed by atoms with Crippen molar-refractivity contribution in [2.45, 2.75) is 13.0 Å². The van der Waals surface area contributed by atoms with Crippen molar-refractivity contribution in [2.24, 2.45) is 0 Å². The van der Waals surface area contributed by atoms with Crippen LogP contribution in [0, 0.1) is 12.7 Å². The Morgan fingerprint density at radius 3 is 2.96 bits per heavy atom. The molecule has 1 unspecified atom stereocenters. The number of rotatable bonds is 4. The van der Waals surface area contributed by atoms with E-state index in [0.29, 0.717) is 10.7 Å². The lowest BCUT2D eigenvalue weighted by molar-refractivity contribution is 0.0912. The van der Waals surface area contributed by atoms with E-state index in [1.54, 1.807) is 18.4 Å². The molecule has 24 heavy (non-hydrogen) atoms. The number of nitrogens with zero attached hydrogens (tertiary/aromatic N) is 2. The molecule has 6 nitrogen and oxygen atoms in total. The summed E-state index contributed by atoms with van der Waals surface area (Å²) < 4.78 is 15.0. The van der Waals surface area contributed by atoms with Crippen LogP contribution in [-0.4, -0.2) is 26.9 Å². The van der Waals surface area contributed by atoms with Gasteiger partial charge in [0, 0.05) is 29.4 Å². The largest absolute Gasteiger partial charge is 0.386 e. The molecule has 0 aliphatic carbocycles. The molecule has 2 N–H and O–H groups in total. The summed E-state index contributed by atoms with van der Waals surface area (Å²) in [6, 6.07) is 5.76. The Bertz CT molecular complexity index is 967. The van der Waals surface area contributed by atoms with Crippen LogP contribution < -0.4 is 10.9 Å². The number of benzene rings is 1. The monoisotopic (exact) mass is 347 g/mol. The van der Waals surface area contributed by atoms with Crippen molar-refractivity contribution in [3.8, 4) is 0 Å².